The molecular formula is C22H19ClN4O2. The molecule has 3 aromatic heterocycles. The van der Waals surface area contributed by atoms with Gasteiger partial charge in [-0.3, -0.25) is 19.0 Å². The molecule has 4 rings (SSSR count). The van der Waals surface area contributed by atoms with Crippen LogP contribution >= 0.6 is 11.6 Å². The van der Waals surface area contributed by atoms with Crippen LogP contribution in [0.5, 0.6) is 0 Å². The summed E-state index contributed by atoms with van der Waals surface area (Å²) in [6.07, 6.45) is 7.90. The standard InChI is InChI=1S/C22H19ClN4O2/c23-17-7-8-18-19(12-17)26-20-9-6-16(14-27(20)22(18)29)21(28)25-11-2-1-4-15-5-3-10-24-13-15/h3,5-10,12-14H,1-2,4,11H2,(H,25,28). The molecule has 0 spiro atoms. The third-order valence-corrected chi connectivity index (χ3v) is 4.97. The number of pyridine rings is 2. The number of amides is 1. The van der Waals surface area contributed by atoms with Gasteiger partial charge in [0.25, 0.3) is 11.5 Å². The number of fused-ring (bicyclic) bond motifs is 2. The van der Waals surface area contributed by atoms with E-state index in [1.165, 1.54) is 16.2 Å². The Labute approximate surface area is 172 Å². The molecular weight excluding hydrogens is 388 g/mol. The lowest BCUT2D eigenvalue weighted by molar-refractivity contribution is 0.0952. The molecule has 7 heteroatoms. The number of nitrogens with one attached hydrogen (secondary N) is 1. The first-order valence-electron chi connectivity index (χ1n) is 9.40. The number of rotatable bonds is 6. The molecule has 0 saturated heterocycles. The van der Waals surface area contributed by atoms with Gasteiger partial charge in [0, 0.05) is 30.2 Å². The summed E-state index contributed by atoms with van der Waals surface area (Å²) in [6.45, 7) is 0.570. The average Bonchev–Trinajstić information content (AvgIpc) is 2.74. The van der Waals surface area contributed by atoms with Gasteiger partial charge in [0.2, 0.25) is 0 Å². The zero-order chi connectivity index (χ0) is 20.2. The Morgan fingerprint density at radius 3 is 2.86 bits per heavy atom. The fraction of sp³-hybridized carbons (Fsp3) is 0.182. The van der Waals surface area contributed by atoms with Gasteiger partial charge >= 0.3 is 0 Å². The van der Waals surface area contributed by atoms with Crippen molar-refractivity contribution in [3.05, 3.63) is 87.6 Å². The molecule has 0 radical (unpaired) electrons. The van der Waals surface area contributed by atoms with Crippen molar-refractivity contribution in [1.29, 1.82) is 0 Å². The Morgan fingerprint density at radius 1 is 1.14 bits per heavy atom. The van der Waals surface area contributed by atoms with E-state index in [9.17, 15) is 9.59 Å². The quantitative estimate of drug-likeness (QED) is 0.391. The van der Waals surface area contributed by atoms with Crippen molar-refractivity contribution in [3.63, 3.8) is 0 Å². The normalized spacial score (nSPS) is 11.1. The maximum Gasteiger partial charge on any atom is 0.265 e. The Kier molecular flexibility index (Phi) is 5.53. The third kappa shape index (κ3) is 4.27. The Bertz CT molecular complexity index is 1240. The van der Waals surface area contributed by atoms with Crippen LogP contribution in [0.4, 0.5) is 0 Å². The molecule has 1 aromatic carbocycles. The summed E-state index contributed by atoms with van der Waals surface area (Å²) in [5, 5.41) is 3.89. The van der Waals surface area contributed by atoms with E-state index in [1.54, 1.807) is 36.5 Å². The minimum atomic E-state index is -0.229. The summed E-state index contributed by atoms with van der Waals surface area (Å²) in [5.74, 6) is -0.212. The highest BCUT2D eigenvalue weighted by Gasteiger charge is 2.10. The van der Waals surface area contributed by atoms with Gasteiger partial charge < -0.3 is 5.32 Å². The smallest absolute Gasteiger partial charge is 0.265 e. The molecule has 1 N–H and O–H groups in total. The second-order valence-corrected chi connectivity index (χ2v) is 7.24. The Morgan fingerprint density at radius 2 is 2.03 bits per heavy atom. The highest BCUT2D eigenvalue weighted by atomic mass is 35.5. The number of benzene rings is 1. The van der Waals surface area contributed by atoms with E-state index in [2.05, 4.69) is 15.3 Å². The van der Waals surface area contributed by atoms with E-state index in [0.717, 1.165) is 19.3 Å². The minimum absolute atomic E-state index is 0.212. The number of carbonyl (C=O) groups is 1. The van der Waals surface area contributed by atoms with Crippen LogP contribution in [-0.4, -0.2) is 26.8 Å². The predicted molar refractivity (Wildman–Crippen MR) is 113 cm³/mol. The number of aromatic nitrogens is 3. The molecule has 6 nitrogen and oxygen atoms in total. The predicted octanol–water partition coefficient (Wildman–Crippen LogP) is 3.65. The summed E-state index contributed by atoms with van der Waals surface area (Å²) < 4.78 is 1.40. The number of aryl methyl sites for hydroxylation is 1. The maximum absolute atomic E-state index is 12.8. The first-order chi connectivity index (χ1) is 14.1. The fourth-order valence-electron chi connectivity index (χ4n) is 3.22. The van der Waals surface area contributed by atoms with Gasteiger partial charge in [0.05, 0.1) is 16.5 Å². The van der Waals surface area contributed by atoms with Crippen molar-refractivity contribution in [3.8, 4) is 0 Å². The fourth-order valence-corrected chi connectivity index (χ4v) is 3.38. The van der Waals surface area contributed by atoms with Crippen LogP contribution in [0.1, 0.15) is 28.8 Å². The molecule has 0 unspecified atom stereocenters. The third-order valence-electron chi connectivity index (χ3n) is 4.73. The second kappa shape index (κ2) is 8.41. The molecule has 0 aliphatic heterocycles. The molecule has 0 fully saturated rings. The Balaban J connectivity index is 1.44. The molecule has 0 bridgehead atoms. The monoisotopic (exact) mass is 406 g/mol. The van der Waals surface area contributed by atoms with Crippen LogP contribution in [-0.2, 0) is 6.42 Å². The van der Waals surface area contributed by atoms with Gasteiger partial charge in [-0.15, -0.1) is 0 Å². The lowest BCUT2D eigenvalue weighted by atomic mass is 10.1. The van der Waals surface area contributed by atoms with E-state index < -0.39 is 0 Å². The van der Waals surface area contributed by atoms with Crippen LogP contribution in [0.15, 0.2) is 65.8 Å². The summed E-state index contributed by atoms with van der Waals surface area (Å²) in [4.78, 5) is 33.8. The molecule has 0 atom stereocenters. The number of hydrogen-bond donors (Lipinski definition) is 1. The first kappa shape index (κ1) is 19.1. The lowest BCUT2D eigenvalue weighted by Gasteiger charge is -2.08. The highest BCUT2D eigenvalue weighted by Crippen LogP contribution is 2.16. The van der Waals surface area contributed by atoms with E-state index >= 15 is 0 Å². The van der Waals surface area contributed by atoms with Crippen LogP contribution in [0.25, 0.3) is 16.6 Å². The molecule has 3 heterocycles. The van der Waals surface area contributed by atoms with Crippen molar-refractivity contribution in [2.24, 2.45) is 0 Å². The van der Waals surface area contributed by atoms with Crippen LogP contribution in [0.2, 0.25) is 5.02 Å². The van der Waals surface area contributed by atoms with Crippen molar-refractivity contribution in [1.82, 2.24) is 19.7 Å². The Hall–Kier alpha value is -3.25. The molecule has 4 aromatic rings. The molecule has 0 aliphatic rings. The van der Waals surface area contributed by atoms with Gasteiger partial charge in [-0.2, -0.15) is 0 Å². The maximum atomic E-state index is 12.8. The molecule has 0 aliphatic carbocycles. The van der Waals surface area contributed by atoms with Crippen molar-refractivity contribution < 1.29 is 4.79 Å². The van der Waals surface area contributed by atoms with Crippen molar-refractivity contribution in [2.45, 2.75) is 19.3 Å². The zero-order valence-corrected chi connectivity index (χ0v) is 16.4. The summed E-state index contributed by atoms with van der Waals surface area (Å²) >= 11 is 5.99. The first-order valence-corrected chi connectivity index (χ1v) is 9.78. The molecule has 29 heavy (non-hydrogen) atoms. The molecule has 1 amide bonds. The highest BCUT2D eigenvalue weighted by molar-refractivity contribution is 6.31. The van der Waals surface area contributed by atoms with Gasteiger partial charge in [-0.05, 0) is 61.2 Å². The van der Waals surface area contributed by atoms with Gasteiger partial charge in [-0.1, -0.05) is 17.7 Å². The number of halogens is 1. The molecule has 146 valence electrons. The van der Waals surface area contributed by atoms with E-state index in [0.29, 0.717) is 33.7 Å². The SMILES string of the molecule is O=C(NCCCCc1cccnc1)c1ccc2nc3cc(Cl)ccc3c(=O)n2c1. The van der Waals surface area contributed by atoms with Gasteiger partial charge in [0.15, 0.2) is 0 Å². The van der Waals surface area contributed by atoms with Gasteiger partial charge in [0.1, 0.15) is 5.65 Å². The zero-order valence-electron chi connectivity index (χ0n) is 15.6. The van der Waals surface area contributed by atoms with Crippen molar-refractivity contribution >= 4 is 34.1 Å². The summed E-state index contributed by atoms with van der Waals surface area (Å²) in [5.41, 5.74) is 2.38. The lowest BCUT2D eigenvalue weighted by Crippen LogP contribution is -2.26. The van der Waals surface area contributed by atoms with Crippen LogP contribution < -0.4 is 10.9 Å². The summed E-state index contributed by atoms with van der Waals surface area (Å²) in [6, 6.07) is 12.3. The second-order valence-electron chi connectivity index (χ2n) is 6.80. The number of hydrogen-bond acceptors (Lipinski definition) is 4. The largest absolute Gasteiger partial charge is 0.352 e. The minimum Gasteiger partial charge on any atom is -0.352 e. The number of unbranched alkanes of at least 4 members (excludes halogenated alkanes) is 1. The molecule has 0 saturated carbocycles. The van der Waals surface area contributed by atoms with Crippen LogP contribution in [0.3, 0.4) is 0 Å². The van der Waals surface area contributed by atoms with Crippen LogP contribution in [0, 0.1) is 0 Å². The topological polar surface area (TPSA) is 76.4 Å². The van der Waals surface area contributed by atoms with E-state index in [1.807, 2.05) is 18.3 Å². The van der Waals surface area contributed by atoms with Crippen molar-refractivity contribution in [2.75, 3.05) is 6.54 Å². The average molecular weight is 407 g/mol. The summed E-state index contributed by atoms with van der Waals surface area (Å²) in [7, 11) is 0. The number of nitrogens with zero attached hydrogens (tertiary/aromatic N) is 3. The van der Waals surface area contributed by atoms with E-state index in [4.69, 9.17) is 11.6 Å². The van der Waals surface area contributed by atoms with E-state index in [-0.39, 0.29) is 11.5 Å². The number of carbonyl (C=O) groups excluding carboxylic acids is 1. The van der Waals surface area contributed by atoms with Gasteiger partial charge in [-0.25, -0.2) is 4.98 Å².